The first-order valence-electron chi connectivity index (χ1n) is 5.80. The van der Waals surface area contributed by atoms with Crippen LogP contribution in [0.2, 0.25) is 0 Å². The Morgan fingerprint density at radius 1 is 1.26 bits per heavy atom. The van der Waals surface area contributed by atoms with Gasteiger partial charge in [-0.2, -0.15) is 0 Å². The van der Waals surface area contributed by atoms with E-state index in [0.29, 0.717) is 17.1 Å². The van der Waals surface area contributed by atoms with Gasteiger partial charge in [-0.25, -0.2) is 4.39 Å². The Labute approximate surface area is 109 Å². The summed E-state index contributed by atoms with van der Waals surface area (Å²) >= 11 is 0. The molecule has 2 rings (SSSR count). The van der Waals surface area contributed by atoms with Gasteiger partial charge < -0.3 is 14.3 Å². The quantitative estimate of drug-likeness (QED) is 0.814. The van der Waals surface area contributed by atoms with Crippen LogP contribution in [0.5, 0.6) is 0 Å². The fourth-order valence-electron chi connectivity index (χ4n) is 1.59. The summed E-state index contributed by atoms with van der Waals surface area (Å²) in [5.41, 5.74) is 0.388. The Morgan fingerprint density at radius 2 is 2.05 bits per heavy atom. The van der Waals surface area contributed by atoms with Gasteiger partial charge in [-0.3, -0.25) is 4.79 Å². The summed E-state index contributed by atoms with van der Waals surface area (Å²) in [4.78, 5) is 10.3. The number of benzene rings is 1. The molecule has 0 aliphatic heterocycles. The van der Waals surface area contributed by atoms with Gasteiger partial charge in [0.25, 0.3) is 0 Å². The molecule has 0 amide bonds. The van der Waals surface area contributed by atoms with E-state index in [9.17, 15) is 9.18 Å². The predicted molar refractivity (Wildman–Crippen MR) is 66.0 cm³/mol. The van der Waals surface area contributed by atoms with Gasteiger partial charge in [-0.15, -0.1) is 0 Å². The van der Waals surface area contributed by atoms with Crippen LogP contribution >= 0.6 is 0 Å². The molecule has 0 saturated heterocycles. The number of carboxylic acid groups (broad SMARTS) is 1. The SMILES string of the molecule is O=C(O)CCOCc1ccc(-c2ccccc2F)o1. The van der Waals surface area contributed by atoms with Gasteiger partial charge in [0.05, 0.1) is 18.6 Å². The number of furan rings is 1. The zero-order valence-electron chi connectivity index (χ0n) is 10.1. The molecule has 100 valence electrons. The lowest BCUT2D eigenvalue weighted by atomic mass is 10.1. The maximum Gasteiger partial charge on any atom is 0.305 e. The third-order valence-corrected chi connectivity index (χ3v) is 2.51. The van der Waals surface area contributed by atoms with Crippen LogP contribution in [0.25, 0.3) is 11.3 Å². The number of hydrogen-bond acceptors (Lipinski definition) is 3. The first-order valence-corrected chi connectivity index (χ1v) is 5.80. The molecule has 1 N–H and O–H groups in total. The summed E-state index contributed by atoms with van der Waals surface area (Å²) < 4.78 is 24.1. The van der Waals surface area contributed by atoms with Crippen molar-refractivity contribution in [2.75, 3.05) is 6.61 Å². The highest BCUT2D eigenvalue weighted by molar-refractivity contribution is 5.66. The lowest BCUT2D eigenvalue weighted by Crippen LogP contribution is -2.02. The molecule has 4 nitrogen and oxygen atoms in total. The molecule has 1 heterocycles. The third-order valence-electron chi connectivity index (χ3n) is 2.51. The molecule has 0 radical (unpaired) electrons. The fraction of sp³-hybridized carbons (Fsp3) is 0.214. The number of aliphatic carboxylic acids is 1. The van der Waals surface area contributed by atoms with Gasteiger partial charge in [0.1, 0.15) is 23.9 Å². The Morgan fingerprint density at radius 3 is 2.79 bits per heavy atom. The van der Waals surface area contributed by atoms with E-state index in [2.05, 4.69) is 0 Å². The number of rotatable bonds is 6. The predicted octanol–water partition coefficient (Wildman–Crippen LogP) is 3.08. The minimum Gasteiger partial charge on any atom is -0.481 e. The number of carboxylic acids is 1. The molecule has 5 heteroatoms. The van der Waals surface area contributed by atoms with Gasteiger partial charge in [0.15, 0.2) is 0 Å². The zero-order valence-corrected chi connectivity index (χ0v) is 10.1. The van der Waals surface area contributed by atoms with Crippen LogP contribution in [0, 0.1) is 5.82 Å². The average molecular weight is 264 g/mol. The largest absolute Gasteiger partial charge is 0.481 e. The van der Waals surface area contributed by atoms with E-state index in [1.54, 1.807) is 30.3 Å². The highest BCUT2D eigenvalue weighted by Crippen LogP contribution is 2.24. The van der Waals surface area contributed by atoms with Crippen molar-refractivity contribution in [2.45, 2.75) is 13.0 Å². The van der Waals surface area contributed by atoms with Crippen molar-refractivity contribution in [1.29, 1.82) is 0 Å². The maximum atomic E-state index is 13.5. The molecular formula is C14H13FO4. The van der Waals surface area contributed by atoms with Crippen LogP contribution in [0.15, 0.2) is 40.8 Å². The Hall–Kier alpha value is -2.14. The molecule has 0 aliphatic carbocycles. The molecule has 1 aromatic heterocycles. The van der Waals surface area contributed by atoms with E-state index in [1.165, 1.54) is 6.07 Å². The highest BCUT2D eigenvalue weighted by Gasteiger charge is 2.09. The minimum atomic E-state index is -0.911. The summed E-state index contributed by atoms with van der Waals surface area (Å²) in [6, 6.07) is 9.67. The molecular weight excluding hydrogens is 251 g/mol. The summed E-state index contributed by atoms with van der Waals surface area (Å²) in [5.74, 6) is -0.305. The molecule has 0 atom stereocenters. The molecule has 0 saturated carbocycles. The van der Waals surface area contributed by atoms with Crippen LogP contribution in [0.3, 0.4) is 0 Å². The van der Waals surface area contributed by atoms with Crippen molar-refractivity contribution in [3.8, 4) is 11.3 Å². The van der Waals surface area contributed by atoms with Gasteiger partial charge in [-0.05, 0) is 24.3 Å². The van der Waals surface area contributed by atoms with Crippen LogP contribution < -0.4 is 0 Å². The molecule has 0 aliphatic rings. The van der Waals surface area contributed by atoms with Gasteiger partial charge in [-0.1, -0.05) is 12.1 Å². The van der Waals surface area contributed by atoms with Crippen molar-refractivity contribution in [3.63, 3.8) is 0 Å². The van der Waals surface area contributed by atoms with Crippen LogP contribution in [0.4, 0.5) is 4.39 Å². The lowest BCUT2D eigenvalue weighted by molar-refractivity contribution is -0.138. The van der Waals surface area contributed by atoms with Crippen LogP contribution in [-0.4, -0.2) is 17.7 Å². The Bertz CT molecular complexity index is 562. The number of carbonyl (C=O) groups is 1. The first kappa shape index (κ1) is 13.3. The molecule has 2 aromatic rings. The highest BCUT2D eigenvalue weighted by atomic mass is 19.1. The van der Waals surface area contributed by atoms with Crippen LogP contribution in [0.1, 0.15) is 12.2 Å². The second-order valence-corrected chi connectivity index (χ2v) is 3.94. The second-order valence-electron chi connectivity index (χ2n) is 3.94. The third kappa shape index (κ3) is 3.66. The van der Waals surface area contributed by atoms with Crippen molar-refractivity contribution in [3.05, 3.63) is 48.0 Å². The average Bonchev–Trinajstić information content (AvgIpc) is 2.83. The maximum absolute atomic E-state index is 13.5. The summed E-state index contributed by atoms with van der Waals surface area (Å²) in [6.07, 6.45) is -0.0547. The van der Waals surface area contributed by atoms with Crippen molar-refractivity contribution in [1.82, 2.24) is 0 Å². The molecule has 0 unspecified atom stereocenters. The van der Waals surface area contributed by atoms with E-state index >= 15 is 0 Å². The Balaban J connectivity index is 1.96. The molecule has 0 spiro atoms. The summed E-state index contributed by atoms with van der Waals surface area (Å²) in [6.45, 7) is 0.285. The van der Waals surface area contributed by atoms with Gasteiger partial charge >= 0.3 is 5.97 Å². The van der Waals surface area contributed by atoms with Gasteiger partial charge in [0, 0.05) is 0 Å². The topological polar surface area (TPSA) is 59.7 Å². The molecule has 1 aromatic carbocycles. The minimum absolute atomic E-state index is 0.0547. The molecule has 0 fully saturated rings. The number of ether oxygens (including phenoxy) is 1. The van der Waals surface area contributed by atoms with E-state index in [4.69, 9.17) is 14.3 Å². The molecule has 0 bridgehead atoms. The zero-order chi connectivity index (χ0) is 13.7. The molecule has 19 heavy (non-hydrogen) atoms. The van der Waals surface area contributed by atoms with Gasteiger partial charge in [0.2, 0.25) is 0 Å². The number of halogens is 1. The smallest absolute Gasteiger partial charge is 0.305 e. The lowest BCUT2D eigenvalue weighted by Gasteiger charge is -2.00. The van der Waals surface area contributed by atoms with E-state index in [0.717, 1.165) is 0 Å². The fourth-order valence-corrected chi connectivity index (χ4v) is 1.59. The summed E-state index contributed by atoms with van der Waals surface area (Å²) in [7, 11) is 0. The van der Waals surface area contributed by atoms with E-state index in [1.807, 2.05) is 0 Å². The van der Waals surface area contributed by atoms with Crippen LogP contribution in [-0.2, 0) is 16.1 Å². The second kappa shape index (κ2) is 6.15. The Kier molecular flexibility index (Phi) is 4.30. The van der Waals surface area contributed by atoms with E-state index < -0.39 is 5.97 Å². The summed E-state index contributed by atoms with van der Waals surface area (Å²) in [5, 5.41) is 8.45. The number of hydrogen-bond donors (Lipinski definition) is 1. The van der Waals surface area contributed by atoms with Crippen molar-refractivity contribution in [2.24, 2.45) is 0 Å². The monoisotopic (exact) mass is 264 g/mol. The first-order chi connectivity index (χ1) is 9.16. The van der Waals surface area contributed by atoms with Crippen molar-refractivity contribution < 1.29 is 23.4 Å². The van der Waals surface area contributed by atoms with E-state index in [-0.39, 0.29) is 25.5 Å². The normalized spacial score (nSPS) is 10.6. The van der Waals surface area contributed by atoms with Crippen molar-refractivity contribution >= 4 is 5.97 Å². The standard InChI is InChI=1S/C14H13FO4/c15-12-4-2-1-3-11(12)13-6-5-10(19-13)9-18-8-7-14(16)17/h1-6H,7-9H2,(H,16,17).